The quantitative estimate of drug-likeness (QED) is 0.547. The lowest BCUT2D eigenvalue weighted by Gasteiger charge is -2.28. The fourth-order valence-electron chi connectivity index (χ4n) is 2.16. The van der Waals surface area contributed by atoms with Crippen LogP contribution in [0.3, 0.4) is 0 Å². The molecule has 1 aromatic carbocycles. The topological polar surface area (TPSA) is 52.6 Å². The van der Waals surface area contributed by atoms with E-state index >= 15 is 0 Å². The number of rotatable bonds is 8. The van der Waals surface area contributed by atoms with Gasteiger partial charge in [-0.3, -0.25) is 14.0 Å². The Bertz CT molecular complexity index is 441. The Balaban J connectivity index is 3.15. The average Bonchev–Trinajstić information content (AvgIpc) is 2.48. The van der Waals surface area contributed by atoms with Crippen molar-refractivity contribution in [1.82, 2.24) is 0 Å². The molecule has 0 spiro atoms. The molecule has 1 rings (SSSR count). The van der Waals surface area contributed by atoms with Gasteiger partial charge in [-0.1, -0.05) is 30.3 Å². The van der Waals surface area contributed by atoms with E-state index < -0.39 is 24.0 Å². The number of hydrogen-bond donors (Lipinski definition) is 0. The van der Waals surface area contributed by atoms with Crippen LogP contribution in [-0.4, -0.2) is 31.8 Å². The summed E-state index contributed by atoms with van der Waals surface area (Å²) in [6.45, 7) is 2.74. The first-order valence-electron chi connectivity index (χ1n) is 7.05. The first-order valence-corrected chi connectivity index (χ1v) is 7.05. The van der Waals surface area contributed by atoms with Crippen LogP contribution in [0.15, 0.2) is 30.3 Å². The second-order valence-electron chi connectivity index (χ2n) is 4.62. The highest BCUT2D eigenvalue weighted by atomic mass is 19.1. The molecule has 0 N–H and O–H groups in total. The van der Waals surface area contributed by atoms with Crippen molar-refractivity contribution in [2.45, 2.75) is 26.7 Å². The van der Waals surface area contributed by atoms with Crippen LogP contribution in [0.4, 0.5) is 4.39 Å². The van der Waals surface area contributed by atoms with E-state index in [0.717, 1.165) is 5.56 Å². The molecule has 0 saturated carbocycles. The van der Waals surface area contributed by atoms with Gasteiger partial charge in [-0.05, 0) is 25.8 Å². The maximum atomic E-state index is 13.0. The summed E-state index contributed by atoms with van der Waals surface area (Å²) in [7, 11) is 0. The third-order valence-electron chi connectivity index (χ3n) is 3.20. The summed E-state index contributed by atoms with van der Waals surface area (Å²) in [5.41, 5.74) is -0.866. The first kappa shape index (κ1) is 17.1. The Labute approximate surface area is 124 Å². The fraction of sp³-hybridized carbons (Fsp3) is 0.500. The third kappa shape index (κ3) is 4.28. The molecule has 116 valence electrons. The zero-order chi connectivity index (χ0) is 15.7. The number of carbonyl (C=O) groups excluding carboxylic acids is 2. The molecular weight excluding hydrogens is 275 g/mol. The van der Waals surface area contributed by atoms with Crippen LogP contribution in [0.2, 0.25) is 0 Å². The van der Waals surface area contributed by atoms with Crippen molar-refractivity contribution < 1.29 is 23.5 Å². The predicted molar refractivity (Wildman–Crippen MR) is 76.4 cm³/mol. The van der Waals surface area contributed by atoms with Gasteiger partial charge < -0.3 is 9.47 Å². The van der Waals surface area contributed by atoms with E-state index in [4.69, 9.17) is 9.47 Å². The molecule has 21 heavy (non-hydrogen) atoms. The zero-order valence-corrected chi connectivity index (χ0v) is 12.4. The van der Waals surface area contributed by atoms with Gasteiger partial charge in [0, 0.05) is 6.42 Å². The van der Waals surface area contributed by atoms with Gasteiger partial charge >= 0.3 is 11.9 Å². The van der Waals surface area contributed by atoms with Gasteiger partial charge in [0.15, 0.2) is 5.41 Å². The summed E-state index contributed by atoms with van der Waals surface area (Å²) in [5, 5.41) is 0. The number of alkyl halides is 1. The Morgan fingerprint density at radius 2 is 1.57 bits per heavy atom. The minimum absolute atomic E-state index is 0.0649. The summed E-state index contributed by atoms with van der Waals surface area (Å²) in [6, 6.07) is 8.99. The molecule has 0 aliphatic heterocycles. The Morgan fingerprint density at radius 3 is 2.00 bits per heavy atom. The van der Waals surface area contributed by atoms with E-state index in [0.29, 0.717) is 0 Å². The van der Waals surface area contributed by atoms with Gasteiger partial charge in [-0.15, -0.1) is 0 Å². The standard InChI is InChI=1S/C16H21FO4/c1-3-20-14(18)16(10-11-17,15(19)21-4-2)12-13-8-6-5-7-9-13/h5-9H,3-4,10-12H2,1-2H3. The summed E-state index contributed by atoms with van der Waals surface area (Å²) in [6.07, 6.45) is -0.186. The third-order valence-corrected chi connectivity index (χ3v) is 3.20. The van der Waals surface area contributed by atoms with E-state index in [1.54, 1.807) is 38.1 Å². The van der Waals surface area contributed by atoms with Gasteiger partial charge in [0.1, 0.15) is 0 Å². The van der Waals surface area contributed by atoms with Crippen LogP contribution >= 0.6 is 0 Å². The Kier molecular flexibility index (Phi) is 6.85. The van der Waals surface area contributed by atoms with Gasteiger partial charge in [-0.25, -0.2) is 0 Å². The van der Waals surface area contributed by atoms with Crippen molar-refractivity contribution in [3.8, 4) is 0 Å². The molecule has 0 aliphatic carbocycles. The molecule has 0 fully saturated rings. The number of halogens is 1. The van der Waals surface area contributed by atoms with Crippen LogP contribution < -0.4 is 0 Å². The first-order chi connectivity index (χ1) is 10.1. The molecule has 1 aromatic rings. The van der Waals surface area contributed by atoms with Crippen LogP contribution in [-0.2, 0) is 25.5 Å². The lowest BCUT2D eigenvalue weighted by molar-refractivity contribution is -0.173. The van der Waals surface area contributed by atoms with Crippen molar-refractivity contribution in [3.63, 3.8) is 0 Å². The highest BCUT2D eigenvalue weighted by Gasteiger charge is 2.48. The van der Waals surface area contributed by atoms with Crippen molar-refractivity contribution in [3.05, 3.63) is 35.9 Å². The van der Waals surface area contributed by atoms with Gasteiger partial charge in [0.2, 0.25) is 0 Å². The smallest absolute Gasteiger partial charge is 0.323 e. The molecule has 4 nitrogen and oxygen atoms in total. The fourth-order valence-corrected chi connectivity index (χ4v) is 2.16. The minimum Gasteiger partial charge on any atom is -0.465 e. The van der Waals surface area contributed by atoms with Crippen molar-refractivity contribution in [1.29, 1.82) is 0 Å². The predicted octanol–water partition coefficient (Wildman–Crippen LogP) is 2.70. The lowest BCUT2D eigenvalue weighted by atomic mass is 9.79. The number of ether oxygens (including phenoxy) is 2. The van der Waals surface area contributed by atoms with Gasteiger partial charge in [0.05, 0.1) is 19.9 Å². The SMILES string of the molecule is CCOC(=O)C(CCF)(Cc1ccccc1)C(=O)OCC. The molecule has 0 saturated heterocycles. The summed E-state index contributed by atoms with van der Waals surface area (Å²) >= 11 is 0. The van der Waals surface area contributed by atoms with E-state index in [2.05, 4.69) is 0 Å². The number of carbonyl (C=O) groups is 2. The summed E-state index contributed by atoms with van der Waals surface area (Å²) in [5.74, 6) is -1.46. The van der Waals surface area contributed by atoms with E-state index in [1.807, 2.05) is 6.07 Å². The van der Waals surface area contributed by atoms with E-state index in [9.17, 15) is 14.0 Å². The molecular formula is C16H21FO4. The average molecular weight is 296 g/mol. The van der Waals surface area contributed by atoms with Crippen molar-refractivity contribution in [2.75, 3.05) is 19.9 Å². The Hall–Kier alpha value is -1.91. The Morgan fingerprint density at radius 1 is 1.05 bits per heavy atom. The van der Waals surface area contributed by atoms with Crippen LogP contribution in [0.25, 0.3) is 0 Å². The van der Waals surface area contributed by atoms with Gasteiger partial charge in [0.25, 0.3) is 0 Å². The van der Waals surface area contributed by atoms with Crippen molar-refractivity contribution >= 4 is 11.9 Å². The molecule has 0 radical (unpaired) electrons. The maximum Gasteiger partial charge on any atom is 0.323 e. The molecule has 0 unspecified atom stereocenters. The summed E-state index contributed by atoms with van der Waals surface area (Å²) < 4.78 is 23.0. The zero-order valence-electron chi connectivity index (χ0n) is 12.4. The second-order valence-corrected chi connectivity index (χ2v) is 4.62. The molecule has 5 heteroatoms. The minimum atomic E-state index is -1.62. The van der Waals surface area contributed by atoms with Crippen LogP contribution in [0, 0.1) is 5.41 Å². The summed E-state index contributed by atoms with van der Waals surface area (Å²) in [4.78, 5) is 24.6. The number of benzene rings is 1. The molecule has 0 heterocycles. The largest absolute Gasteiger partial charge is 0.465 e. The highest BCUT2D eigenvalue weighted by molar-refractivity contribution is 6.00. The number of hydrogen-bond acceptors (Lipinski definition) is 4. The molecule has 0 aromatic heterocycles. The van der Waals surface area contributed by atoms with Crippen LogP contribution in [0.5, 0.6) is 0 Å². The second kappa shape index (κ2) is 8.39. The van der Waals surface area contributed by atoms with E-state index in [1.165, 1.54) is 0 Å². The van der Waals surface area contributed by atoms with E-state index in [-0.39, 0.29) is 26.1 Å². The van der Waals surface area contributed by atoms with Crippen LogP contribution in [0.1, 0.15) is 25.8 Å². The number of esters is 2. The molecule has 0 amide bonds. The molecule has 0 atom stereocenters. The highest BCUT2D eigenvalue weighted by Crippen LogP contribution is 2.31. The monoisotopic (exact) mass is 296 g/mol. The maximum absolute atomic E-state index is 13.0. The van der Waals surface area contributed by atoms with Gasteiger partial charge in [-0.2, -0.15) is 0 Å². The normalized spacial score (nSPS) is 11.0. The lowest BCUT2D eigenvalue weighted by Crippen LogP contribution is -2.44. The molecule has 0 aliphatic rings. The molecule has 0 bridgehead atoms. The van der Waals surface area contributed by atoms with Crippen molar-refractivity contribution in [2.24, 2.45) is 5.41 Å².